The van der Waals surface area contributed by atoms with E-state index in [1.165, 1.54) is 11.8 Å². The molecule has 0 spiro atoms. The number of nitrogens with zero attached hydrogens (tertiary/aromatic N) is 1. The zero-order valence-corrected chi connectivity index (χ0v) is 56.3. The van der Waals surface area contributed by atoms with E-state index in [1.54, 1.807) is 123 Å². The molecule has 552 valence electrons. The molecule has 5 rings (SSSR count). The Balaban J connectivity index is 1.16. The van der Waals surface area contributed by atoms with Crippen molar-refractivity contribution in [2.45, 2.75) is 133 Å². The number of anilines is 1. The number of ketones is 1. The molecule has 0 radical (unpaired) electrons. The Bertz CT molecular complexity index is 3970. The van der Waals surface area contributed by atoms with Gasteiger partial charge in [0.05, 0.1) is 70.0 Å². The Morgan fingerprint density at radius 3 is 1.16 bits per heavy atom. The van der Waals surface area contributed by atoms with Crippen molar-refractivity contribution >= 4 is 112 Å². The SMILES string of the molecule is CC(=O)C(NC(=O)C(Cc1ccccc1)NC(=O)C(Cc1ccccc1)NC(=O)C(CC(=O)O)NC(=O)C(CC(=O)O)NC(=O)C(CC(=O)O)NC(=O)CNC(=O)CNC(=O)CNC(=O)C(CC(=O)O)NC(=O)C(CC(=O)O)NC(=O)CCC(=O)N1Cc2ccccc2C#Cc2ccccc21)C(C)C. The number of fused-ring (bicyclic) bond motifs is 2. The predicted molar refractivity (Wildman–Crippen MR) is 361 cm³/mol. The molecule has 1 aliphatic heterocycles. The molecule has 12 amide bonds. The first-order chi connectivity index (χ1) is 49.3. The van der Waals surface area contributed by atoms with E-state index < -0.39 is 214 Å². The molecule has 0 saturated carbocycles. The van der Waals surface area contributed by atoms with Crippen LogP contribution in [0.1, 0.15) is 93.5 Å². The number of rotatable bonds is 40. The summed E-state index contributed by atoms with van der Waals surface area (Å²) in [5.41, 5.74) is 3.37. The van der Waals surface area contributed by atoms with Crippen molar-refractivity contribution in [1.29, 1.82) is 0 Å². The number of carboxylic acids is 5. The monoisotopic (exact) mass is 1440 g/mol. The van der Waals surface area contributed by atoms with Crippen molar-refractivity contribution in [3.05, 3.63) is 137 Å². The molecule has 1 heterocycles. The minimum atomic E-state index is -2.25. The number of aliphatic carboxylic acids is 5. The van der Waals surface area contributed by atoms with E-state index in [1.807, 2.05) is 37.2 Å². The van der Waals surface area contributed by atoms with Gasteiger partial charge in [0.1, 0.15) is 42.3 Å². The highest BCUT2D eigenvalue weighted by Gasteiger charge is 2.37. The smallest absolute Gasteiger partial charge is 0.305 e. The third-order valence-electron chi connectivity index (χ3n) is 15.4. The van der Waals surface area contributed by atoms with Crippen LogP contribution in [0.4, 0.5) is 5.69 Å². The van der Waals surface area contributed by atoms with Crippen LogP contribution in [0.3, 0.4) is 0 Å². The molecule has 0 bridgehead atoms. The molecular formula is C69H78N12O23. The van der Waals surface area contributed by atoms with E-state index >= 15 is 0 Å². The molecule has 35 heteroatoms. The Hall–Kier alpha value is -12.9. The van der Waals surface area contributed by atoms with Gasteiger partial charge in [-0.1, -0.05) is 117 Å². The third-order valence-corrected chi connectivity index (χ3v) is 15.4. The van der Waals surface area contributed by atoms with E-state index in [2.05, 4.69) is 33.1 Å². The zero-order valence-electron chi connectivity index (χ0n) is 56.3. The summed E-state index contributed by atoms with van der Waals surface area (Å²) < 4.78 is 0. The van der Waals surface area contributed by atoms with Crippen molar-refractivity contribution in [2.24, 2.45) is 5.92 Å². The van der Waals surface area contributed by atoms with E-state index in [0.29, 0.717) is 33.5 Å². The van der Waals surface area contributed by atoms with Gasteiger partial charge >= 0.3 is 29.8 Å². The lowest BCUT2D eigenvalue weighted by Gasteiger charge is -2.27. The number of hydrogen-bond acceptors (Lipinski definition) is 18. The van der Waals surface area contributed by atoms with Gasteiger partial charge in [0.25, 0.3) is 0 Å². The zero-order chi connectivity index (χ0) is 76.7. The van der Waals surface area contributed by atoms with Gasteiger partial charge in [0, 0.05) is 36.8 Å². The van der Waals surface area contributed by atoms with Gasteiger partial charge in [-0.15, -0.1) is 0 Å². The lowest BCUT2D eigenvalue weighted by molar-refractivity contribution is -0.144. The summed E-state index contributed by atoms with van der Waals surface area (Å²) >= 11 is 0. The van der Waals surface area contributed by atoms with Gasteiger partial charge in [-0.2, -0.15) is 0 Å². The first-order valence-corrected chi connectivity index (χ1v) is 32.2. The fourth-order valence-electron chi connectivity index (χ4n) is 10.2. The summed E-state index contributed by atoms with van der Waals surface area (Å²) in [5.74, 6) is -17.1. The van der Waals surface area contributed by atoms with Crippen molar-refractivity contribution in [1.82, 2.24) is 58.5 Å². The van der Waals surface area contributed by atoms with Crippen LogP contribution in [-0.4, -0.2) is 200 Å². The van der Waals surface area contributed by atoms with Crippen LogP contribution in [0.5, 0.6) is 0 Å². The maximum absolute atomic E-state index is 14.3. The minimum absolute atomic E-state index is 0.0822. The predicted octanol–water partition coefficient (Wildman–Crippen LogP) is -2.96. The van der Waals surface area contributed by atoms with Gasteiger partial charge < -0.3 is 88.9 Å². The van der Waals surface area contributed by atoms with Crippen LogP contribution < -0.4 is 63.4 Å². The fourth-order valence-corrected chi connectivity index (χ4v) is 10.2. The maximum atomic E-state index is 14.3. The molecule has 0 fully saturated rings. The van der Waals surface area contributed by atoms with Crippen LogP contribution in [0.25, 0.3) is 0 Å². The molecule has 0 saturated heterocycles. The van der Waals surface area contributed by atoms with Gasteiger partial charge in [0.2, 0.25) is 70.9 Å². The summed E-state index contributed by atoms with van der Waals surface area (Å²) in [5, 5.41) is 72.2. The number of benzene rings is 4. The van der Waals surface area contributed by atoms with Crippen molar-refractivity contribution in [2.75, 3.05) is 24.5 Å². The molecule has 1 aliphatic rings. The molecular weight excluding hydrogens is 1360 g/mol. The Labute approximate surface area is 593 Å². The third kappa shape index (κ3) is 27.7. The second-order valence-corrected chi connectivity index (χ2v) is 23.9. The van der Waals surface area contributed by atoms with Crippen LogP contribution in [-0.2, 0) is 106 Å². The summed E-state index contributed by atoms with van der Waals surface area (Å²) in [6.45, 7) is 1.72. The van der Waals surface area contributed by atoms with Gasteiger partial charge in [-0.05, 0) is 47.7 Å². The van der Waals surface area contributed by atoms with E-state index in [9.17, 15) is 112 Å². The second-order valence-electron chi connectivity index (χ2n) is 23.9. The average molecular weight is 1440 g/mol. The lowest BCUT2D eigenvalue weighted by atomic mass is 9.98. The number of nitrogens with one attached hydrogen (secondary N) is 11. The number of carboxylic acid groups (broad SMARTS) is 5. The number of carbonyl (C=O) groups is 18. The summed E-state index contributed by atoms with van der Waals surface area (Å²) in [7, 11) is 0. The maximum Gasteiger partial charge on any atom is 0.305 e. The normalized spacial score (nSPS) is 13.4. The fraction of sp³-hybridized carbons (Fsp3) is 0.362. The first-order valence-electron chi connectivity index (χ1n) is 32.2. The van der Waals surface area contributed by atoms with E-state index in [0.717, 1.165) is 0 Å². The van der Waals surface area contributed by atoms with Crippen molar-refractivity contribution in [3.8, 4) is 11.8 Å². The Morgan fingerprint density at radius 1 is 0.375 bits per heavy atom. The number of hydrogen-bond donors (Lipinski definition) is 16. The number of carbonyl (C=O) groups excluding carboxylic acids is 13. The van der Waals surface area contributed by atoms with Gasteiger partial charge in [-0.25, -0.2) is 0 Å². The summed E-state index contributed by atoms with van der Waals surface area (Å²) in [6.07, 6.45) is -7.43. The largest absolute Gasteiger partial charge is 0.481 e. The van der Waals surface area contributed by atoms with Crippen LogP contribution >= 0.6 is 0 Å². The quantitative estimate of drug-likeness (QED) is 0.0198. The molecule has 8 unspecified atom stereocenters. The minimum Gasteiger partial charge on any atom is -0.481 e. The highest BCUT2D eigenvalue weighted by Crippen LogP contribution is 2.26. The van der Waals surface area contributed by atoms with Crippen LogP contribution in [0.15, 0.2) is 109 Å². The molecule has 8 atom stereocenters. The Morgan fingerprint density at radius 2 is 0.721 bits per heavy atom. The highest BCUT2D eigenvalue weighted by atomic mass is 16.4. The van der Waals surface area contributed by atoms with E-state index in [-0.39, 0.29) is 31.1 Å². The lowest BCUT2D eigenvalue weighted by Crippen LogP contribution is -2.60. The summed E-state index contributed by atoms with van der Waals surface area (Å²) in [6, 6.07) is 15.8. The highest BCUT2D eigenvalue weighted by molar-refractivity contribution is 6.02. The summed E-state index contributed by atoms with van der Waals surface area (Å²) in [4.78, 5) is 235. The molecule has 0 aromatic heterocycles. The molecule has 16 N–H and O–H groups in total. The van der Waals surface area contributed by atoms with Crippen LogP contribution in [0, 0.1) is 17.8 Å². The number of Topliss-reactive ketones (excluding diaryl/α,β-unsaturated/α-hetero) is 1. The molecule has 104 heavy (non-hydrogen) atoms. The first kappa shape index (κ1) is 81.8. The molecule has 4 aromatic rings. The topological polar surface area (TPSA) is 544 Å². The number of amides is 12. The molecule has 35 nitrogen and oxygen atoms in total. The van der Waals surface area contributed by atoms with Crippen molar-refractivity contribution < 1.29 is 112 Å². The van der Waals surface area contributed by atoms with Gasteiger partial charge in [-0.3, -0.25) is 86.3 Å². The van der Waals surface area contributed by atoms with Gasteiger partial charge in [0.15, 0.2) is 5.78 Å². The van der Waals surface area contributed by atoms with Crippen molar-refractivity contribution in [3.63, 3.8) is 0 Å². The molecule has 0 aliphatic carbocycles. The number of para-hydroxylation sites is 1. The average Bonchev–Trinajstić information content (AvgIpc) is 0.804. The Kier molecular flexibility index (Phi) is 31.7. The second kappa shape index (κ2) is 40.4. The molecule has 4 aromatic carbocycles. The van der Waals surface area contributed by atoms with E-state index in [4.69, 9.17) is 0 Å². The standard InChI is InChI=1S/C69H78N12O23/c1-37(2)62(38(3)82)80-69(104)45(27-40-16-8-5-9-17-40)76-64(99)44(26-39-14-6-4-7-15-39)75-67(102)49(31-60(94)95)79-68(103)50(32-61(96)97)78-66(101)48(30-59(92)93)74-55(86)35-71-53(84)33-70-54(85)34-72-63(98)46(28-57(88)89)77-65(100)47(29-58(90)91)73-52(83)24-25-56(87)81-36-43-20-11-10-18-41(43)22-23-42-19-12-13-21-51(42)81/h4-21,37,44-50,62H,24-36H2,1-3H3,(H,70,85)(H,71,84)(H,72,98)(H,73,83)(H,74,86)(H,75,102)(H,76,99)(H,77,100)(H,78,101)(H,79,103)(H,80,104)(H,88,89)(H,90,91)(H,92,93)(H,94,95)(H,96,97). The van der Waals surface area contributed by atoms with Crippen LogP contribution in [0.2, 0.25) is 0 Å².